The number of ketones is 1. The first-order valence-electron chi connectivity index (χ1n) is 9.30. The highest BCUT2D eigenvalue weighted by Gasteiger charge is 2.41. The Morgan fingerprint density at radius 3 is 2.73 bits per heavy atom. The number of aryl methyl sites for hydroxylation is 1. The van der Waals surface area contributed by atoms with Gasteiger partial charge in [0.25, 0.3) is 0 Å². The topological polar surface area (TPSA) is 113 Å². The summed E-state index contributed by atoms with van der Waals surface area (Å²) >= 11 is 4.44. The van der Waals surface area contributed by atoms with E-state index in [9.17, 15) is 20.2 Å². The normalized spacial score (nSPS) is 19.0. The van der Waals surface area contributed by atoms with Crippen molar-refractivity contribution in [2.45, 2.75) is 32.1 Å². The zero-order valence-corrected chi connectivity index (χ0v) is 18.4. The monoisotopic (exact) mass is 484 g/mol. The lowest BCUT2D eigenvalue weighted by Gasteiger charge is -2.39. The molecule has 0 amide bonds. The predicted molar refractivity (Wildman–Crippen MR) is 118 cm³/mol. The third-order valence-electron chi connectivity index (χ3n) is 5.39. The summed E-state index contributed by atoms with van der Waals surface area (Å²) in [6.45, 7) is 1.94. The van der Waals surface area contributed by atoms with E-state index in [1.165, 1.54) is 6.07 Å². The van der Waals surface area contributed by atoms with Gasteiger partial charge in [0.15, 0.2) is 5.78 Å². The molecule has 1 aliphatic carbocycles. The maximum Gasteiger partial charge on any atom is 0.324 e. The van der Waals surface area contributed by atoms with E-state index in [1.807, 2.05) is 30.0 Å². The van der Waals surface area contributed by atoms with E-state index < -0.39 is 10.8 Å². The van der Waals surface area contributed by atoms with Crippen LogP contribution in [0.5, 0.6) is 0 Å². The number of carbonyl (C=O) groups is 1. The molecular formula is C21H17BrN4O3S. The van der Waals surface area contributed by atoms with Crippen LogP contribution >= 0.6 is 27.3 Å². The Hall–Kier alpha value is -2.96. The van der Waals surface area contributed by atoms with Crippen LogP contribution in [0.2, 0.25) is 0 Å². The van der Waals surface area contributed by atoms with E-state index in [-0.39, 0.29) is 22.2 Å². The van der Waals surface area contributed by atoms with Crippen molar-refractivity contribution >= 4 is 43.7 Å². The maximum atomic E-state index is 13.0. The molecule has 0 saturated carbocycles. The van der Waals surface area contributed by atoms with Crippen molar-refractivity contribution in [1.29, 1.82) is 5.26 Å². The van der Waals surface area contributed by atoms with E-state index in [2.05, 4.69) is 22.0 Å². The molecule has 152 valence electrons. The van der Waals surface area contributed by atoms with Crippen LogP contribution in [-0.2, 0) is 4.79 Å². The molecule has 0 unspecified atom stereocenters. The highest BCUT2D eigenvalue weighted by Crippen LogP contribution is 2.48. The molecule has 2 N–H and O–H groups in total. The molecule has 0 bridgehead atoms. The second-order valence-electron chi connectivity index (χ2n) is 7.18. The number of thiophene rings is 1. The van der Waals surface area contributed by atoms with E-state index in [4.69, 9.17) is 5.73 Å². The summed E-state index contributed by atoms with van der Waals surface area (Å²) in [5, 5.41) is 21.1. The number of halogens is 1. The first-order valence-corrected chi connectivity index (χ1v) is 10.9. The number of benzene rings is 1. The smallest absolute Gasteiger partial charge is 0.324 e. The Bertz CT molecular complexity index is 1190. The fourth-order valence-electron chi connectivity index (χ4n) is 4.11. The number of carbonyl (C=O) groups excluding carboxylic acids is 1. The number of Topliss-reactive ketones (excluding diaryl/α,β-unsaturated/α-hetero) is 1. The van der Waals surface area contributed by atoms with Gasteiger partial charge in [0.2, 0.25) is 0 Å². The fourth-order valence-corrected chi connectivity index (χ4v) is 5.53. The molecule has 2 heterocycles. The third-order valence-corrected chi connectivity index (χ3v) is 6.99. The number of nitrogens with two attached hydrogens (primary N) is 1. The molecule has 2 aromatic rings. The number of anilines is 1. The molecule has 9 heteroatoms. The third kappa shape index (κ3) is 3.22. The average Bonchev–Trinajstić information content (AvgIpc) is 3.18. The fraction of sp³-hybridized carbons (Fsp3) is 0.238. The van der Waals surface area contributed by atoms with Gasteiger partial charge in [-0.25, -0.2) is 0 Å². The molecule has 0 saturated heterocycles. The highest BCUT2D eigenvalue weighted by atomic mass is 79.9. The van der Waals surface area contributed by atoms with Gasteiger partial charge in [-0.05, 0) is 49.6 Å². The summed E-state index contributed by atoms with van der Waals surface area (Å²) in [6, 6.07) is 10.9. The molecular weight excluding hydrogens is 468 g/mol. The lowest BCUT2D eigenvalue weighted by atomic mass is 9.78. The van der Waals surface area contributed by atoms with Crippen LogP contribution in [-0.4, -0.2) is 10.7 Å². The molecule has 1 aromatic carbocycles. The summed E-state index contributed by atoms with van der Waals surface area (Å²) in [5.74, 6) is -0.460. The first-order chi connectivity index (χ1) is 14.3. The second kappa shape index (κ2) is 7.70. The van der Waals surface area contributed by atoms with Crippen molar-refractivity contribution in [1.82, 2.24) is 0 Å². The zero-order valence-electron chi connectivity index (χ0n) is 16.0. The summed E-state index contributed by atoms with van der Waals surface area (Å²) in [7, 11) is 0. The molecule has 30 heavy (non-hydrogen) atoms. The average molecular weight is 485 g/mol. The Kier molecular flexibility index (Phi) is 5.22. The van der Waals surface area contributed by atoms with Crippen LogP contribution in [0.1, 0.15) is 35.6 Å². The molecule has 4 rings (SSSR count). The molecule has 1 aromatic heterocycles. The molecule has 7 nitrogen and oxygen atoms in total. The van der Waals surface area contributed by atoms with Gasteiger partial charge in [0.1, 0.15) is 5.82 Å². The van der Waals surface area contributed by atoms with Crippen LogP contribution in [0, 0.1) is 28.4 Å². The van der Waals surface area contributed by atoms with Gasteiger partial charge >= 0.3 is 5.00 Å². The van der Waals surface area contributed by atoms with Crippen molar-refractivity contribution in [3.05, 3.63) is 78.0 Å². The van der Waals surface area contributed by atoms with Crippen molar-refractivity contribution in [2.75, 3.05) is 4.90 Å². The number of nitriles is 1. The minimum atomic E-state index is -0.677. The Morgan fingerprint density at radius 1 is 1.33 bits per heavy atom. The summed E-state index contributed by atoms with van der Waals surface area (Å²) < 4.78 is 0.918. The molecule has 1 aliphatic heterocycles. The van der Waals surface area contributed by atoms with E-state index >= 15 is 0 Å². The number of nitro groups is 1. The first kappa shape index (κ1) is 20.3. The summed E-state index contributed by atoms with van der Waals surface area (Å²) in [4.78, 5) is 26.2. The largest absolute Gasteiger partial charge is 0.384 e. The molecule has 1 atom stereocenters. The SMILES string of the molecule is Cc1cc(Br)ccc1N1C(N)=C(C#N)[C@@H](c2ccc([N+](=O)[O-])s2)C2=C1CCCC2=O. The van der Waals surface area contributed by atoms with Gasteiger partial charge in [-0.2, -0.15) is 5.26 Å². The van der Waals surface area contributed by atoms with Crippen LogP contribution in [0.3, 0.4) is 0 Å². The van der Waals surface area contributed by atoms with E-state index in [0.717, 1.165) is 32.8 Å². The van der Waals surface area contributed by atoms with Crippen molar-refractivity contribution < 1.29 is 9.72 Å². The van der Waals surface area contributed by atoms with Crippen LogP contribution in [0.15, 0.2) is 57.5 Å². The maximum absolute atomic E-state index is 13.0. The standard InChI is InChI=1S/C21H17BrN4O3S/c1-11-9-12(22)5-6-14(11)25-15-3-2-4-16(27)20(15)19(13(10-23)21(25)24)17-7-8-18(30-17)26(28)29/h5-9,19H,2-4,24H2,1H3/t19-/m0/s1. The van der Waals surface area contributed by atoms with Crippen molar-refractivity contribution in [3.63, 3.8) is 0 Å². The highest BCUT2D eigenvalue weighted by molar-refractivity contribution is 9.10. The number of rotatable bonds is 3. The number of hydrogen-bond acceptors (Lipinski definition) is 7. The number of nitrogens with zero attached hydrogens (tertiary/aromatic N) is 3. The Morgan fingerprint density at radius 2 is 2.10 bits per heavy atom. The quantitative estimate of drug-likeness (QED) is 0.482. The van der Waals surface area contributed by atoms with Crippen molar-refractivity contribution in [2.24, 2.45) is 5.73 Å². The van der Waals surface area contributed by atoms with Gasteiger partial charge in [0, 0.05) is 33.1 Å². The Labute approximate surface area is 185 Å². The zero-order chi connectivity index (χ0) is 21.6. The van der Waals surface area contributed by atoms with Gasteiger partial charge in [0.05, 0.1) is 28.2 Å². The minimum absolute atomic E-state index is 0.0301. The lowest BCUT2D eigenvalue weighted by Crippen LogP contribution is -2.38. The van der Waals surface area contributed by atoms with Gasteiger partial charge in [-0.1, -0.05) is 27.3 Å². The van der Waals surface area contributed by atoms with Gasteiger partial charge in [-0.15, -0.1) is 0 Å². The number of allylic oxidation sites excluding steroid dienone is 3. The van der Waals surface area contributed by atoms with Crippen LogP contribution in [0.4, 0.5) is 10.7 Å². The molecule has 0 radical (unpaired) electrons. The molecule has 0 fully saturated rings. The second-order valence-corrected chi connectivity index (χ2v) is 9.19. The Balaban J connectivity index is 1.96. The van der Waals surface area contributed by atoms with Crippen LogP contribution in [0.25, 0.3) is 0 Å². The van der Waals surface area contributed by atoms with Gasteiger partial charge in [-0.3, -0.25) is 19.8 Å². The van der Waals surface area contributed by atoms with E-state index in [1.54, 1.807) is 6.07 Å². The lowest BCUT2D eigenvalue weighted by molar-refractivity contribution is -0.380. The molecule has 0 spiro atoms. The minimum Gasteiger partial charge on any atom is -0.384 e. The van der Waals surface area contributed by atoms with Crippen molar-refractivity contribution in [3.8, 4) is 6.07 Å². The molecule has 2 aliphatic rings. The van der Waals surface area contributed by atoms with Gasteiger partial charge < -0.3 is 5.73 Å². The summed E-state index contributed by atoms with van der Waals surface area (Å²) in [6.07, 6.45) is 1.71. The number of hydrogen-bond donors (Lipinski definition) is 1. The van der Waals surface area contributed by atoms with Crippen LogP contribution < -0.4 is 10.6 Å². The summed E-state index contributed by atoms with van der Waals surface area (Å²) in [5.41, 5.74) is 9.80. The van der Waals surface area contributed by atoms with E-state index in [0.29, 0.717) is 29.7 Å². The predicted octanol–water partition coefficient (Wildman–Crippen LogP) is 5.03.